The van der Waals surface area contributed by atoms with Crippen LogP contribution in [0.4, 0.5) is 4.39 Å². The smallest absolute Gasteiger partial charge is 0.328 e. The van der Waals surface area contributed by atoms with Gasteiger partial charge in [-0.1, -0.05) is 48.0 Å². The van der Waals surface area contributed by atoms with Crippen LogP contribution in [0.15, 0.2) is 54.6 Å². The van der Waals surface area contributed by atoms with Gasteiger partial charge in [0.05, 0.1) is 7.11 Å². The van der Waals surface area contributed by atoms with E-state index in [4.69, 9.17) is 16.3 Å². The van der Waals surface area contributed by atoms with Crippen LogP contribution >= 0.6 is 11.6 Å². The number of amides is 3. The summed E-state index contributed by atoms with van der Waals surface area (Å²) in [5.74, 6) is -2.93. The molecular formula is C28H29ClFN3O5. The summed E-state index contributed by atoms with van der Waals surface area (Å²) in [5, 5.41) is 5.68. The average Bonchev–Trinajstić information content (AvgIpc) is 3.54. The zero-order chi connectivity index (χ0) is 27.2. The molecule has 0 aromatic heterocycles. The second-order valence-electron chi connectivity index (χ2n) is 9.45. The van der Waals surface area contributed by atoms with Gasteiger partial charge < -0.3 is 20.3 Å². The Morgan fingerprint density at radius 1 is 1.24 bits per heavy atom. The van der Waals surface area contributed by atoms with Crippen LogP contribution in [0.3, 0.4) is 0 Å². The van der Waals surface area contributed by atoms with Gasteiger partial charge in [-0.3, -0.25) is 14.4 Å². The molecule has 2 aromatic carbocycles. The molecule has 2 fully saturated rings. The topological polar surface area (TPSA) is 105 Å². The minimum Gasteiger partial charge on any atom is -0.467 e. The third-order valence-electron chi connectivity index (χ3n) is 7.01. The summed E-state index contributed by atoms with van der Waals surface area (Å²) in [5.41, 5.74) is 1.16. The Hall–Kier alpha value is -3.72. The fraction of sp³-hybridized carbons (Fsp3) is 0.357. The van der Waals surface area contributed by atoms with Gasteiger partial charge in [-0.25, -0.2) is 9.18 Å². The van der Waals surface area contributed by atoms with Crippen LogP contribution in [0.25, 0.3) is 6.08 Å². The second kappa shape index (κ2) is 12.2. The van der Waals surface area contributed by atoms with E-state index in [0.717, 1.165) is 11.6 Å². The maximum absolute atomic E-state index is 14.2. The van der Waals surface area contributed by atoms with Gasteiger partial charge >= 0.3 is 5.97 Å². The number of carbonyl (C=O) groups excluding carboxylic acids is 4. The maximum Gasteiger partial charge on any atom is 0.328 e. The zero-order valence-corrected chi connectivity index (χ0v) is 21.6. The summed E-state index contributed by atoms with van der Waals surface area (Å²) >= 11 is 5.81. The predicted octanol–water partition coefficient (Wildman–Crippen LogP) is 3.06. The summed E-state index contributed by atoms with van der Waals surface area (Å²) < 4.78 is 19.1. The van der Waals surface area contributed by atoms with Crippen molar-refractivity contribution in [2.75, 3.05) is 20.2 Å². The van der Waals surface area contributed by atoms with Gasteiger partial charge in [0, 0.05) is 41.6 Å². The molecule has 4 rings (SSSR count). The monoisotopic (exact) mass is 541 g/mol. The summed E-state index contributed by atoms with van der Waals surface area (Å²) in [6.45, 7) is 0.776. The van der Waals surface area contributed by atoms with Gasteiger partial charge in [0.2, 0.25) is 17.7 Å². The van der Waals surface area contributed by atoms with Crippen molar-refractivity contribution in [1.82, 2.24) is 15.5 Å². The number of ether oxygens (including phenoxy) is 1. The van der Waals surface area contributed by atoms with E-state index in [1.807, 2.05) is 30.3 Å². The first-order chi connectivity index (χ1) is 18.3. The SMILES string of the molecule is COC(=O)C(C[C@@H]1CCNC1=O)NC(=O)C1CC(c2ccccc2)CN1C(=O)/C=C/c1ccc(Cl)cc1F. The molecule has 0 bridgehead atoms. The molecule has 8 nitrogen and oxygen atoms in total. The third-order valence-corrected chi connectivity index (χ3v) is 7.25. The maximum atomic E-state index is 14.2. The number of likely N-dealkylation sites (tertiary alicyclic amines) is 1. The van der Waals surface area contributed by atoms with Gasteiger partial charge in [-0.2, -0.15) is 0 Å². The molecule has 2 aliphatic rings. The first-order valence-electron chi connectivity index (χ1n) is 12.4. The van der Waals surface area contributed by atoms with Gasteiger partial charge in [0.15, 0.2) is 0 Å². The number of carbonyl (C=O) groups is 4. The first-order valence-corrected chi connectivity index (χ1v) is 12.8. The lowest BCUT2D eigenvalue weighted by Crippen LogP contribution is -2.51. The van der Waals surface area contributed by atoms with Gasteiger partial charge in [0.25, 0.3) is 0 Å². The fourth-order valence-electron chi connectivity index (χ4n) is 4.97. The Labute approximate surface area is 225 Å². The fourth-order valence-corrected chi connectivity index (χ4v) is 5.13. The molecule has 3 amide bonds. The highest BCUT2D eigenvalue weighted by Gasteiger charge is 2.41. The van der Waals surface area contributed by atoms with Crippen LogP contribution < -0.4 is 10.6 Å². The van der Waals surface area contributed by atoms with E-state index < -0.39 is 41.6 Å². The van der Waals surface area contributed by atoms with Crippen molar-refractivity contribution in [1.29, 1.82) is 0 Å². The molecular weight excluding hydrogens is 513 g/mol. The van der Waals surface area contributed by atoms with Crippen molar-refractivity contribution in [3.63, 3.8) is 0 Å². The number of methoxy groups -OCH3 is 1. The quantitative estimate of drug-likeness (QED) is 0.395. The average molecular weight is 542 g/mol. The van der Waals surface area contributed by atoms with Crippen molar-refractivity contribution in [3.8, 4) is 0 Å². The molecule has 10 heteroatoms. The molecule has 4 atom stereocenters. The molecule has 0 aliphatic carbocycles. The minimum atomic E-state index is -1.03. The zero-order valence-electron chi connectivity index (χ0n) is 20.9. The Balaban J connectivity index is 1.55. The highest BCUT2D eigenvalue weighted by molar-refractivity contribution is 6.30. The Morgan fingerprint density at radius 3 is 2.66 bits per heavy atom. The lowest BCUT2D eigenvalue weighted by Gasteiger charge is -2.25. The summed E-state index contributed by atoms with van der Waals surface area (Å²) in [6, 6.07) is 11.7. The largest absolute Gasteiger partial charge is 0.467 e. The van der Waals surface area contributed by atoms with Crippen molar-refractivity contribution < 1.29 is 28.3 Å². The lowest BCUT2D eigenvalue weighted by molar-refractivity contribution is -0.146. The molecule has 2 aliphatic heterocycles. The van der Waals surface area contributed by atoms with Crippen LogP contribution in [0.1, 0.15) is 36.3 Å². The number of esters is 1. The molecule has 200 valence electrons. The Morgan fingerprint density at radius 2 is 2.00 bits per heavy atom. The van der Waals surface area contributed by atoms with Crippen molar-refractivity contribution in [2.45, 2.75) is 37.3 Å². The van der Waals surface area contributed by atoms with Crippen LogP contribution in [0, 0.1) is 11.7 Å². The molecule has 2 heterocycles. The Kier molecular flexibility index (Phi) is 8.78. The number of hydrogen-bond donors (Lipinski definition) is 2. The number of nitrogens with one attached hydrogen (secondary N) is 2. The third kappa shape index (κ3) is 6.39. The van der Waals surface area contributed by atoms with E-state index in [1.54, 1.807) is 0 Å². The van der Waals surface area contributed by atoms with Gasteiger partial charge in [-0.05, 0) is 43.0 Å². The summed E-state index contributed by atoms with van der Waals surface area (Å²) in [7, 11) is 1.22. The Bertz CT molecular complexity index is 1240. The predicted molar refractivity (Wildman–Crippen MR) is 139 cm³/mol. The molecule has 2 aromatic rings. The van der Waals surface area contributed by atoms with E-state index >= 15 is 0 Å². The van der Waals surface area contributed by atoms with E-state index in [0.29, 0.717) is 19.4 Å². The van der Waals surface area contributed by atoms with E-state index in [9.17, 15) is 23.6 Å². The van der Waals surface area contributed by atoms with Gasteiger partial charge in [0.1, 0.15) is 17.9 Å². The number of halogens is 2. The van der Waals surface area contributed by atoms with Crippen LogP contribution in [0.2, 0.25) is 5.02 Å². The molecule has 38 heavy (non-hydrogen) atoms. The highest BCUT2D eigenvalue weighted by Crippen LogP contribution is 2.32. The molecule has 0 spiro atoms. The number of hydrogen-bond acceptors (Lipinski definition) is 5. The first kappa shape index (κ1) is 27.3. The molecule has 2 saturated heterocycles. The lowest BCUT2D eigenvalue weighted by atomic mass is 9.95. The second-order valence-corrected chi connectivity index (χ2v) is 9.88. The van der Waals surface area contributed by atoms with Crippen molar-refractivity contribution in [2.24, 2.45) is 5.92 Å². The standard InChI is InChI=1S/C28H29ClFN3O5/c1-38-28(37)23(13-19-11-12-31-26(19)35)32-27(36)24-14-20(17-5-3-2-4-6-17)16-33(24)25(34)10-8-18-7-9-21(29)15-22(18)30/h2-10,15,19-20,23-24H,11-14,16H2,1H3,(H,31,35)(H,32,36)/b10-8+/t19-,20?,23?,24?/m0/s1. The number of rotatable bonds is 8. The minimum absolute atomic E-state index is 0.1000. The van der Waals surface area contributed by atoms with Crippen molar-refractivity contribution in [3.05, 3.63) is 76.6 Å². The van der Waals surface area contributed by atoms with E-state index in [-0.39, 0.29) is 35.4 Å². The van der Waals surface area contributed by atoms with E-state index in [1.165, 1.54) is 36.3 Å². The normalized spacial score (nSPS) is 21.8. The number of benzene rings is 2. The van der Waals surface area contributed by atoms with Crippen LogP contribution in [-0.2, 0) is 23.9 Å². The molecule has 0 radical (unpaired) electrons. The summed E-state index contributed by atoms with van der Waals surface area (Å²) in [6.07, 6.45) is 3.55. The van der Waals surface area contributed by atoms with Crippen LogP contribution in [-0.4, -0.2) is 60.9 Å². The van der Waals surface area contributed by atoms with Gasteiger partial charge in [-0.15, -0.1) is 0 Å². The van der Waals surface area contributed by atoms with Crippen molar-refractivity contribution >= 4 is 41.4 Å². The highest BCUT2D eigenvalue weighted by atomic mass is 35.5. The number of nitrogens with zero attached hydrogens (tertiary/aromatic N) is 1. The molecule has 0 saturated carbocycles. The summed E-state index contributed by atoms with van der Waals surface area (Å²) in [4.78, 5) is 52.7. The molecule has 2 N–H and O–H groups in total. The van der Waals surface area contributed by atoms with E-state index in [2.05, 4.69) is 10.6 Å². The molecule has 3 unspecified atom stereocenters. The van der Waals surface area contributed by atoms with Crippen LogP contribution in [0.5, 0.6) is 0 Å².